The number of rotatable bonds is 1. The predicted molar refractivity (Wildman–Crippen MR) is 33.3 cm³/mol. The normalized spacial score (nSPS) is 30.6. The van der Waals surface area contributed by atoms with E-state index in [1.165, 1.54) is 6.42 Å². The topological polar surface area (TPSA) is 20.2 Å². The van der Waals surface area contributed by atoms with Gasteiger partial charge in [-0.2, -0.15) is 12.3 Å². The summed E-state index contributed by atoms with van der Waals surface area (Å²) >= 11 is 0. The quantitative estimate of drug-likeness (QED) is 0.723. The second-order valence-electron chi connectivity index (χ2n) is 2.53. The van der Waals surface area contributed by atoms with Crippen molar-refractivity contribution >= 4 is 0 Å². The molecule has 1 fully saturated rings. The average molecular weight is 291 g/mol. The predicted octanol–water partition coefficient (Wildman–Crippen LogP) is 1.37. The van der Waals surface area contributed by atoms with Crippen LogP contribution in [0.15, 0.2) is 0 Å². The van der Waals surface area contributed by atoms with E-state index >= 15 is 0 Å². The third kappa shape index (κ3) is 4.93. The van der Waals surface area contributed by atoms with Gasteiger partial charge >= 0.3 is 0 Å². The van der Waals surface area contributed by atoms with Gasteiger partial charge in [-0.05, 0) is 0 Å². The Morgan fingerprint density at radius 2 is 2.10 bits per heavy atom. The zero-order valence-electron chi connectivity index (χ0n) is 6.46. The fraction of sp³-hybridized carbons (Fsp3) is 0.857. The molecule has 0 aromatic carbocycles. The maximum absolute atomic E-state index is 9.00. The van der Waals surface area contributed by atoms with Gasteiger partial charge in [0.15, 0.2) is 0 Å². The Hall–Kier alpha value is 2.17. The summed E-state index contributed by atoms with van der Waals surface area (Å²) in [6.45, 7) is 2.17. The molecular weight excluding hydrogens is 278 g/mol. The average Bonchev–Trinajstić information content (AvgIpc) is 2.14. The first kappa shape index (κ1) is 14.7. The van der Waals surface area contributed by atoms with E-state index in [0.717, 1.165) is 12.8 Å². The van der Waals surface area contributed by atoms with Gasteiger partial charge in [-0.25, -0.2) is 0 Å². The van der Waals surface area contributed by atoms with Crippen molar-refractivity contribution in [1.82, 2.24) is 0 Å². The largest absolute Gasteiger partial charge is 0.396 e. The molecule has 3 heteroatoms. The second kappa shape index (κ2) is 7.80. The van der Waals surface area contributed by atoms with Crippen LogP contribution in [0.25, 0.3) is 0 Å². The van der Waals surface area contributed by atoms with Crippen LogP contribution in [0.2, 0.25) is 0 Å². The van der Waals surface area contributed by atoms with E-state index in [1.54, 1.807) is 0 Å². The summed E-state index contributed by atoms with van der Waals surface area (Å²) < 4.78 is 0. The third-order valence-corrected chi connectivity index (χ3v) is 1.84. The molecule has 1 aliphatic carbocycles. The third-order valence-electron chi connectivity index (χ3n) is 1.84. The van der Waals surface area contributed by atoms with Crippen molar-refractivity contribution in [2.45, 2.75) is 32.3 Å². The number of hydrogen-bond donors (Lipinski definition) is 1. The van der Waals surface area contributed by atoms with E-state index in [1.807, 2.05) is 0 Å². The van der Waals surface area contributed by atoms with E-state index in [0.29, 0.717) is 5.92 Å². The van der Waals surface area contributed by atoms with E-state index < -0.39 is 0 Å². The molecule has 0 saturated heterocycles. The van der Waals surface area contributed by atoms with Gasteiger partial charge in [-0.3, -0.25) is 0 Å². The Bertz CT molecular complexity index is 78.0. The summed E-state index contributed by atoms with van der Waals surface area (Å²) in [5.41, 5.74) is 0. The van der Waals surface area contributed by atoms with Crippen molar-refractivity contribution in [3.8, 4) is 0 Å². The van der Waals surface area contributed by atoms with Crippen LogP contribution in [0.5, 0.6) is 0 Å². The maximum atomic E-state index is 9.00. The fourth-order valence-corrected chi connectivity index (χ4v) is 1.22. The summed E-state index contributed by atoms with van der Waals surface area (Å²) in [5, 5.41) is 9.00. The first-order valence-corrected chi connectivity index (χ1v) is 3.34. The van der Waals surface area contributed by atoms with Gasteiger partial charge in [0.05, 0.1) is 0 Å². The summed E-state index contributed by atoms with van der Waals surface area (Å²) in [7, 11) is 0. The summed E-state index contributed by atoms with van der Waals surface area (Å²) in [6.07, 6.45) is 5.30. The minimum absolute atomic E-state index is 0. The first-order chi connectivity index (χ1) is 3.83. The summed E-state index contributed by atoms with van der Waals surface area (Å²) in [4.78, 5) is 0. The molecule has 1 aliphatic rings. The van der Waals surface area contributed by atoms with Crippen LogP contribution in [-0.4, -0.2) is 11.2 Å². The molecule has 0 aromatic rings. The molecular formula is C7H13OY2-. The van der Waals surface area contributed by atoms with Crippen LogP contribution < -0.4 is 0 Å². The van der Waals surface area contributed by atoms with Gasteiger partial charge in [0, 0.05) is 71.5 Å². The van der Waals surface area contributed by atoms with Crippen LogP contribution in [-0.2, 0) is 65.4 Å². The molecule has 0 aromatic heterocycles. The van der Waals surface area contributed by atoms with Gasteiger partial charge < -0.3 is 11.5 Å². The Morgan fingerprint density at radius 1 is 1.50 bits per heavy atom. The number of aliphatic hydroxyl groups is 1. The molecule has 0 heterocycles. The SMILES string of the molecule is CC[C@@H]1[CH-]CC(O)C1.[Y].[Y]. The van der Waals surface area contributed by atoms with Crippen molar-refractivity contribution in [1.29, 1.82) is 0 Å². The first-order valence-electron chi connectivity index (χ1n) is 3.34. The Balaban J connectivity index is 0. The molecule has 2 atom stereocenters. The zero-order valence-corrected chi connectivity index (χ0v) is 12.1. The molecule has 0 spiro atoms. The summed E-state index contributed by atoms with van der Waals surface area (Å²) in [6, 6.07) is 0. The van der Waals surface area contributed by atoms with E-state index in [9.17, 15) is 0 Å². The van der Waals surface area contributed by atoms with Gasteiger partial charge in [0.25, 0.3) is 0 Å². The minimum Gasteiger partial charge on any atom is -0.396 e. The minimum atomic E-state index is -0.0278. The standard InChI is InChI=1S/C7H13O.2Y/c1-2-6-3-4-7(8)5-6;;/h3,6-8H,2,4-5H2,1H3;;/q-1;;/t6-,7?;;/m1../s1. The van der Waals surface area contributed by atoms with E-state index in [-0.39, 0.29) is 71.5 Å². The molecule has 1 saturated carbocycles. The van der Waals surface area contributed by atoms with Crippen molar-refractivity contribution in [2.75, 3.05) is 0 Å². The van der Waals surface area contributed by atoms with Crippen molar-refractivity contribution < 1.29 is 70.5 Å². The Labute approximate surface area is 113 Å². The molecule has 1 unspecified atom stereocenters. The monoisotopic (exact) mass is 291 g/mol. The summed E-state index contributed by atoms with van der Waals surface area (Å²) in [5.74, 6) is 0.699. The van der Waals surface area contributed by atoms with Gasteiger partial charge in [0.2, 0.25) is 0 Å². The molecule has 10 heavy (non-hydrogen) atoms. The fourth-order valence-electron chi connectivity index (χ4n) is 1.22. The van der Waals surface area contributed by atoms with Crippen LogP contribution >= 0.6 is 0 Å². The Kier molecular flexibility index (Phi) is 11.4. The molecule has 1 N–H and O–H groups in total. The smallest absolute Gasteiger partial charge is 0.0250 e. The number of aliphatic hydroxyl groups excluding tert-OH is 1. The van der Waals surface area contributed by atoms with Crippen LogP contribution in [0.4, 0.5) is 0 Å². The molecule has 2 radical (unpaired) electrons. The van der Waals surface area contributed by atoms with Crippen LogP contribution in [0.1, 0.15) is 26.2 Å². The molecule has 1 rings (SSSR count). The van der Waals surface area contributed by atoms with Gasteiger partial charge in [-0.1, -0.05) is 19.8 Å². The number of hydrogen-bond acceptors (Lipinski definition) is 1. The van der Waals surface area contributed by atoms with Crippen molar-refractivity contribution in [2.24, 2.45) is 5.92 Å². The van der Waals surface area contributed by atoms with E-state index in [2.05, 4.69) is 13.3 Å². The molecule has 0 aliphatic heterocycles. The van der Waals surface area contributed by atoms with Crippen molar-refractivity contribution in [3.63, 3.8) is 0 Å². The van der Waals surface area contributed by atoms with Crippen LogP contribution in [0.3, 0.4) is 0 Å². The Morgan fingerprint density at radius 3 is 2.30 bits per heavy atom. The molecule has 0 amide bonds. The zero-order chi connectivity index (χ0) is 5.98. The van der Waals surface area contributed by atoms with Gasteiger partial charge in [0.1, 0.15) is 0 Å². The molecule has 0 bridgehead atoms. The molecule has 54 valence electrons. The van der Waals surface area contributed by atoms with Crippen LogP contribution in [0, 0.1) is 12.3 Å². The maximum Gasteiger partial charge on any atom is 0.0250 e. The van der Waals surface area contributed by atoms with Crippen molar-refractivity contribution in [3.05, 3.63) is 6.42 Å². The van der Waals surface area contributed by atoms with E-state index in [4.69, 9.17) is 5.11 Å². The van der Waals surface area contributed by atoms with Gasteiger partial charge in [-0.15, -0.1) is 0 Å². The molecule has 1 nitrogen and oxygen atoms in total. The second-order valence-corrected chi connectivity index (χ2v) is 2.53.